The van der Waals surface area contributed by atoms with Crippen molar-refractivity contribution in [3.8, 4) is 0 Å². The van der Waals surface area contributed by atoms with Crippen LogP contribution in [0.2, 0.25) is 0 Å². The minimum absolute atomic E-state index is 0.00565. The molecular formula is C31H48N2O11S. The first kappa shape index (κ1) is 36.9. The maximum absolute atomic E-state index is 12.7. The average Bonchev–Trinajstić information content (AvgIpc) is 3.87. The Kier molecular flexibility index (Phi) is 12.6. The molecule has 0 radical (unpaired) electrons. The van der Waals surface area contributed by atoms with Crippen molar-refractivity contribution in [1.29, 1.82) is 0 Å². The SMILES string of the molecule is COC(=O)[C@H](CSCC(=O)NC(=O)O[C@@H]1CC[C@]2(CO2)[C@@H]([C@@]2(C)O[C@@H]2CC=C(C)C)[C@@H]1OC)NC(=O)COCC(=O)C(C)(C)C. The van der Waals surface area contributed by atoms with Gasteiger partial charge in [-0.3, -0.25) is 19.7 Å². The van der Waals surface area contributed by atoms with Crippen molar-refractivity contribution in [2.75, 3.05) is 45.5 Å². The molecule has 3 fully saturated rings. The van der Waals surface area contributed by atoms with E-state index in [0.29, 0.717) is 19.4 Å². The fourth-order valence-electron chi connectivity index (χ4n) is 5.66. The second kappa shape index (κ2) is 15.4. The summed E-state index contributed by atoms with van der Waals surface area (Å²) in [5.74, 6) is -2.49. The number of hydrogen-bond acceptors (Lipinski definition) is 12. The summed E-state index contributed by atoms with van der Waals surface area (Å²) in [4.78, 5) is 61.7. The number of carbonyl (C=O) groups is 5. The van der Waals surface area contributed by atoms with E-state index in [9.17, 15) is 24.0 Å². The van der Waals surface area contributed by atoms with Crippen LogP contribution in [0.15, 0.2) is 11.6 Å². The van der Waals surface area contributed by atoms with E-state index in [1.807, 2.05) is 20.8 Å². The summed E-state index contributed by atoms with van der Waals surface area (Å²) >= 11 is 1.01. The fourth-order valence-corrected chi connectivity index (χ4v) is 6.49. The standard InChI is InChI=1S/C31H48N2O11S/c1-18(2)9-10-22-30(6,44-22)26-25(39-7)20(11-12-31(26)17-42-31)43-28(38)33-24(36)16-45-15-19(27(37)40-8)32-23(35)14-41-13-21(34)29(3,4)5/h9,19-20,22,25-26H,10-17H2,1-8H3,(H,32,35)(H,33,36,38)/t19-,20+,22+,25+,26+,30-,31-/m0/s1. The fraction of sp³-hybridized carbons (Fsp3) is 0.774. The molecule has 14 heteroatoms. The molecule has 0 aromatic heterocycles. The first-order chi connectivity index (χ1) is 21.1. The number of epoxide rings is 2. The Bertz CT molecular complexity index is 1140. The smallest absolute Gasteiger partial charge is 0.414 e. The van der Waals surface area contributed by atoms with Crippen molar-refractivity contribution in [1.82, 2.24) is 10.6 Å². The van der Waals surface area contributed by atoms with Crippen LogP contribution in [0.4, 0.5) is 4.79 Å². The van der Waals surface area contributed by atoms with Gasteiger partial charge in [0.25, 0.3) is 0 Å². The molecule has 0 aromatic rings. The van der Waals surface area contributed by atoms with E-state index < -0.39 is 59.7 Å². The van der Waals surface area contributed by atoms with Gasteiger partial charge < -0.3 is 33.7 Å². The van der Waals surface area contributed by atoms with E-state index in [4.69, 9.17) is 28.4 Å². The molecule has 2 N–H and O–H groups in total. The average molecular weight is 657 g/mol. The van der Waals surface area contributed by atoms with Gasteiger partial charge in [0.05, 0.1) is 31.5 Å². The van der Waals surface area contributed by atoms with Crippen molar-refractivity contribution in [3.63, 3.8) is 0 Å². The van der Waals surface area contributed by atoms with Gasteiger partial charge in [-0.1, -0.05) is 32.4 Å². The van der Waals surface area contributed by atoms with E-state index in [2.05, 4.69) is 16.7 Å². The lowest BCUT2D eigenvalue weighted by Gasteiger charge is -2.42. The number of imide groups is 1. The van der Waals surface area contributed by atoms with E-state index in [1.54, 1.807) is 27.9 Å². The van der Waals surface area contributed by atoms with Gasteiger partial charge in [0, 0.05) is 18.3 Å². The molecule has 0 unspecified atom stereocenters. The Morgan fingerprint density at radius 1 is 1.09 bits per heavy atom. The van der Waals surface area contributed by atoms with Crippen molar-refractivity contribution in [2.24, 2.45) is 11.3 Å². The number of thioether (sulfide) groups is 1. The predicted molar refractivity (Wildman–Crippen MR) is 164 cm³/mol. The number of carbonyl (C=O) groups excluding carboxylic acids is 5. The zero-order valence-electron chi connectivity index (χ0n) is 27.5. The van der Waals surface area contributed by atoms with Crippen LogP contribution in [-0.2, 0) is 47.6 Å². The Balaban J connectivity index is 1.47. The number of rotatable bonds is 15. The molecule has 13 nitrogen and oxygen atoms in total. The van der Waals surface area contributed by atoms with Gasteiger partial charge in [0.2, 0.25) is 11.8 Å². The van der Waals surface area contributed by atoms with Gasteiger partial charge in [0.1, 0.15) is 42.7 Å². The number of hydrogen-bond donors (Lipinski definition) is 2. The van der Waals surface area contributed by atoms with Crippen LogP contribution in [0.25, 0.3) is 0 Å². The van der Waals surface area contributed by atoms with Crippen LogP contribution in [0.3, 0.4) is 0 Å². The van der Waals surface area contributed by atoms with E-state index >= 15 is 0 Å². The highest BCUT2D eigenvalue weighted by Gasteiger charge is 2.72. The zero-order valence-corrected chi connectivity index (χ0v) is 28.3. The normalized spacial score (nSPS) is 29.2. The van der Waals surface area contributed by atoms with Crippen LogP contribution in [-0.4, -0.2) is 111 Å². The molecule has 1 saturated carbocycles. The zero-order chi connectivity index (χ0) is 33.6. The number of amides is 3. The number of allylic oxidation sites excluding steroid dienone is 1. The van der Waals surface area contributed by atoms with Gasteiger partial charge in [-0.2, -0.15) is 0 Å². The molecular weight excluding hydrogens is 608 g/mol. The van der Waals surface area contributed by atoms with Gasteiger partial charge in [0.15, 0.2) is 5.78 Å². The number of methoxy groups -OCH3 is 2. The maximum atomic E-state index is 12.7. The molecule has 2 saturated heterocycles. The number of Topliss-reactive ketones (excluding diaryl/α,β-unsaturated/α-hetero) is 1. The third-order valence-corrected chi connectivity index (χ3v) is 9.41. The molecule has 254 valence electrons. The second-order valence-electron chi connectivity index (χ2n) is 13.2. The molecule has 0 bridgehead atoms. The lowest BCUT2D eigenvalue weighted by molar-refractivity contribution is -0.145. The molecule has 2 heterocycles. The van der Waals surface area contributed by atoms with E-state index in [1.165, 1.54) is 12.7 Å². The number of nitrogens with one attached hydrogen (secondary N) is 2. The summed E-state index contributed by atoms with van der Waals surface area (Å²) in [7, 11) is 2.74. The van der Waals surface area contributed by atoms with Crippen LogP contribution < -0.4 is 10.6 Å². The lowest BCUT2D eigenvalue weighted by atomic mass is 9.68. The first-order valence-electron chi connectivity index (χ1n) is 15.1. The van der Waals surface area contributed by atoms with Gasteiger partial charge >= 0.3 is 12.1 Å². The van der Waals surface area contributed by atoms with Crippen molar-refractivity contribution >= 4 is 41.4 Å². The number of ether oxygens (including phenoxy) is 6. The highest BCUT2D eigenvalue weighted by molar-refractivity contribution is 8.00. The first-order valence-corrected chi connectivity index (χ1v) is 16.3. The summed E-state index contributed by atoms with van der Waals surface area (Å²) in [5, 5.41) is 4.70. The number of alkyl carbamates (subject to hydrolysis) is 1. The Labute approximate surface area is 269 Å². The largest absolute Gasteiger partial charge is 0.467 e. The predicted octanol–water partition coefficient (Wildman–Crippen LogP) is 2.34. The molecule has 1 aliphatic carbocycles. The molecule has 2 aliphatic heterocycles. The summed E-state index contributed by atoms with van der Waals surface area (Å²) < 4.78 is 33.6. The molecule has 1 spiro atoms. The summed E-state index contributed by atoms with van der Waals surface area (Å²) in [6.07, 6.45) is 2.10. The summed E-state index contributed by atoms with van der Waals surface area (Å²) in [6.45, 7) is 11.3. The Morgan fingerprint density at radius 2 is 1.78 bits per heavy atom. The topological polar surface area (TPSA) is 171 Å². The minimum Gasteiger partial charge on any atom is -0.467 e. The van der Waals surface area contributed by atoms with Crippen molar-refractivity contribution in [3.05, 3.63) is 11.6 Å². The monoisotopic (exact) mass is 656 g/mol. The quantitative estimate of drug-likeness (QED) is 0.150. The summed E-state index contributed by atoms with van der Waals surface area (Å²) in [6, 6.07) is -1.07. The van der Waals surface area contributed by atoms with Crippen molar-refractivity contribution < 1.29 is 52.4 Å². The Morgan fingerprint density at radius 3 is 2.36 bits per heavy atom. The molecule has 7 atom stereocenters. The van der Waals surface area contributed by atoms with Crippen LogP contribution in [0.5, 0.6) is 0 Å². The second-order valence-corrected chi connectivity index (χ2v) is 14.2. The lowest BCUT2D eigenvalue weighted by Crippen LogP contribution is -2.56. The summed E-state index contributed by atoms with van der Waals surface area (Å²) in [5.41, 5.74) is -0.264. The van der Waals surface area contributed by atoms with E-state index in [0.717, 1.165) is 18.2 Å². The van der Waals surface area contributed by atoms with Crippen LogP contribution >= 0.6 is 11.8 Å². The molecule has 0 aromatic carbocycles. The molecule has 3 aliphatic rings. The van der Waals surface area contributed by atoms with Crippen molar-refractivity contribution in [2.45, 2.75) is 96.4 Å². The third kappa shape index (κ3) is 9.98. The number of esters is 1. The minimum atomic E-state index is -1.07. The van der Waals surface area contributed by atoms with Gasteiger partial charge in [-0.05, 0) is 40.0 Å². The Hall–Kier alpha value is -2.52. The molecule has 45 heavy (non-hydrogen) atoms. The van der Waals surface area contributed by atoms with Gasteiger partial charge in [-0.25, -0.2) is 9.59 Å². The highest BCUT2D eigenvalue weighted by Crippen LogP contribution is 2.59. The molecule has 3 rings (SSSR count). The third-order valence-electron chi connectivity index (χ3n) is 8.38. The van der Waals surface area contributed by atoms with Crippen LogP contribution in [0, 0.1) is 11.3 Å². The highest BCUT2D eigenvalue weighted by atomic mass is 32.2. The maximum Gasteiger partial charge on any atom is 0.414 e. The molecule has 3 amide bonds. The van der Waals surface area contributed by atoms with Gasteiger partial charge in [-0.15, -0.1) is 11.8 Å². The number of ketones is 1. The van der Waals surface area contributed by atoms with E-state index in [-0.39, 0.29) is 41.5 Å². The van der Waals surface area contributed by atoms with Crippen LogP contribution in [0.1, 0.15) is 60.8 Å².